The van der Waals surface area contributed by atoms with E-state index < -0.39 is 11.9 Å². The van der Waals surface area contributed by atoms with Crippen molar-refractivity contribution in [3.8, 4) is 0 Å². The molecule has 0 fully saturated rings. The highest BCUT2D eigenvalue weighted by atomic mass is 19.4. The monoisotopic (exact) mass is 235 g/mol. The van der Waals surface area contributed by atoms with Crippen LogP contribution in [-0.4, -0.2) is 27.7 Å². The molecule has 0 aromatic carbocycles. The smallest absolute Gasteiger partial charge is 0.394 e. The van der Waals surface area contributed by atoms with Crippen LogP contribution in [0.3, 0.4) is 0 Å². The van der Waals surface area contributed by atoms with Gasteiger partial charge >= 0.3 is 6.18 Å². The summed E-state index contributed by atoms with van der Waals surface area (Å²) in [6, 6.07) is 0.453. The number of alkyl halides is 3. The quantitative estimate of drug-likeness (QED) is 0.833. The van der Waals surface area contributed by atoms with Gasteiger partial charge in [0.1, 0.15) is 5.69 Å². The molecule has 0 aliphatic carbocycles. The maximum atomic E-state index is 12.3. The van der Waals surface area contributed by atoms with E-state index >= 15 is 0 Å². The molecule has 0 radical (unpaired) electrons. The summed E-state index contributed by atoms with van der Waals surface area (Å²) in [5.41, 5.74) is -1.00. The Morgan fingerprint density at radius 3 is 2.69 bits per heavy atom. The molecule has 7 heteroatoms. The lowest BCUT2D eigenvalue weighted by atomic mass is 10.2. The minimum Gasteiger partial charge on any atom is -0.394 e. The van der Waals surface area contributed by atoms with Crippen molar-refractivity contribution in [2.24, 2.45) is 0 Å². The fraction of sp³-hybridized carbons (Fsp3) is 0.556. The van der Waals surface area contributed by atoms with Crippen LogP contribution >= 0.6 is 0 Å². The van der Waals surface area contributed by atoms with Crippen LogP contribution in [0.15, 0.2) is 12.3 Å². The van der Waals surface area contributed by atoms with Gasteiger partial charge in [-0.25, -0.2) is 9.97 Å². The van der Waals surface area contributed by atoms with Crippen molar-refractivity contribution < 1.29 is 18.3 Å². The third-order valence-electron chi connectivity index (χ3n) is 1.99. The number of halogens is 3. The molecule has 0 bridgehead atoms. The Kier molecular flexibility index (Phi) is 4.05. The molecule has 0 aliphatic rings. The largest absolute Gasteiger partial charge is 0.433 e. The highest BCUT2D eigenvalue weighted by molar-refractivity contribution is 5.27. The number of rotatable bonds is 4. The molecule has 2 N–H and O–H groups in total. The zero-order chi connectivity index (χ0) is 12.2. The van der Waals surface area contributed by atoms with Gasteiger partial charge in [0.2, 0.25) is 5.95 Å². The van der Waals surface area contributed by atoms with Crippen LogP contribution < -0.4 is 5.32 Å². The topological polar surface area (TPSA) is 58.0 Å². The molecule has 1 rings (SSSR count). The number of nitrogens with one attached hydrogen (secondary N) is 1. The molecule has 0 saturated carbocycles. The fourth-order valence-electron chi connectivity index (χ4n) is 1.05. The summed E-state index contributed by atoms with van der Waals surface area (Å²) in [6.07, 6.45) is -2.89. The lowest BCUT2D eigenvalue weighted by Crippen LogP contribution is -2.24. The Labute approximate surface area is 90.5 Å². The Bertz CT molecular complexity index is 339. The van der Waals surface area contributed by atoms with Gasteiger partial charge in [0.15, 0.2) is 0 Å². The molecule has 0 saturated heterocycles. The molecule has 4 nitrogen and oxygen atoms in total. The van der Waals surface area contributed by atoms with Gasteiger partial charge < -0.3 is 10.4 Å². The lowest BCUT2D eigenvalue weighted by molar-refractivity contribution is -0.141. The molecular weight excluding hydrogens is 223 g/mol. The maximum Gasteiger partial charge on any atom is 0.433 e. The zero-order valence-electron chi connectivity index (χ0n) is 8.62. The van der Waals surface area contributed by atoms with E-state index in [2.05, 4.69) is 15.3 Å². The van der Waals surface area contributed by atoms with E-state index in [-0.39, 0.29) is 18.6 Å². The van der Waals surface area contributed by atoms with Gasteiger partial charge in [-0.3, -0.25) is 0 Å². The number of nitrogens with zero attached hydrogens (tertiary/aromatic N) is 2. The van der Waals surface area contributed by atoms with E-state index in [1.165, 1.54) is 0 Å². The SMILES string of the molecule is CC[C@H](CO)Nc1nccc(C(F)(F)F)n1. The van der Waals surface area contributed by atoms with Crippen molar-refractivity contribution >= 4 is 5.95 Å². The molecule has 0 amide bonds. The summed E-state index contributed by atoms with van der Waals surface area (Å²) < 4.78 is 36.9. The molecule has 1 atom stereocenters. The first-order valence-corrected chi connectivity index (χ1v) is 4.75. The summed E-state index contributed by atoms with van der Waals surface area (Å²) in [5.74, 6) is -0.129. The number of aliphatic hydroxyl groups excluding tert-OH is 1. The van der Waals surface area contributed by atoms with Gasteiger partial charge in [0.05, 0.1) is 12.6 Å². The average molecular weight is 235 g/mol. The van der Waals surface area contributed by atoms with Crippen molar-refractivity contribution in [3.63, 3.8) is 0 Å². The van der Waals surface area contributed by atoms with Crippen molar-refractivity contribution in [3.05, 3.63) is 18.0 Å². The van der Waals surface area contributed by atoms with Crippen LogP contribution in [0.25, 0.3) is 0 Å². The van der Waals surface area contributed by atoms with Gasteiger partial charge in [-0.05, 0) is 12.5 Å². The normalized spacial score (nSPS) is 13.6. The van der Waals surface area contributed by atoms with Crippen molar-refractivity contribution in [1.82, 2.24) is 9.97 Å². The van der Waals surface area contributed by atoms with Crippen LogP contribution in [0.5, 0.6) is 0 Å². The lowest BCUT2D eigenvalue weighted by Gasteiger charge is -2.14. The first-order valence-electron chi connectivity index (χ1n) is 4.75. The molecule has 16 heavy (non-hydrogen) atoms. The molecule has 1 aromatic heterocycles. The summed E-state index contributed by atoms with van der Waals surface area (Å²) in [7, 11) is 0. The first-order chi connectivity index (χ1) is 7.47. The predicted octanol–water partition coefficient (Wildman–Crippen LogP) is 1.68. The second-order valence-electron chi connectivity index (χ2n) is 3.20. The first kappa shape index (κ1) is 12.7. The summed E-state index contributed by atoms with van der Waals surface area (Å²) in [4.78, 5) is 6.98. The standard InChI is InChI=1S/C9H12F3N3O/c1-2-6(5-16)14-8-13-4-3-7(15-8)9(10,11)12/h3-4,6,16H,2,5H2,1H3,(H,13,14,15)/t6-/m1/s1. The van der Waals surface area contributed by atoms with Crippen molar-refractivity contribution in [1.29, 1.82) is 0 Å². The van der Waals surface area contributed by atoms with E-state index in [1.54, 1.807) is 6.92 Å². The van der Waals surface area contributed by atoms with Crippen molar-refractivity contribution in [2.45, 2.75) is 25.6 Å². The number of aromatic nitrogens is 2. The summed E-state index contributed by atoms with van der Waals surface area (Å²) >= 11 is 0. The highest BCUT2D eigenvalue weighted by Crippen LogP contribution is 2.27. The van der Waals surface area contributed by atoms with E-state index in [0.29, 0.717) is 6.42 Å². The van der Waals surface area contributed by atoms with Crippen LogP contribution in [-0.2, 0) is 6.18 Å². The van der Waals surface area contributed by atoms with Gasteiger partial charge in [-0.15, -0.1) is 0 Å². The summed E-state index contributed by atoms with van der Waals surface area (Å²) in [6.45, 7) is 1.61. The van der Waals surface area contributed by atoms with E-state index in [0.717, 1.165) is 12.3 Å². The third kappa shape index (κ3) is 3.34. The summed E-state index contributed by atoms with van der Waals surface area (Å²) in [5, 5.41) is 11.5. The number of anilines is 1. The van der Waals surface area contributed by atoms with Crippen LogP contribution in [0.1, 0.15) is 19.0 Å². The third-order valence-corrected chi connectivity index (χ3v) is 1.99. The second kappa shape index (κ2) is 5.11. The molecule has 90 valence electrons. The van der Waals surface area contributed by atoms with Crippen LogP contribution in [0.2, 0.25) is 0 Å². The molecule has 0 spiro atoms. The molecule has 0 unspecified atom stereocenters. The second-order valence-corrected chi connectivity index (χ2v) is 3.20. The van der Waals surface area contributed by atoms with Crippen LogP contribution in [0, 0.1) is 0 Å². The number of aliphatic hydroxyl groups is 1. The minimum absolute atomic E-state index is 0.129. The number of hydrogen-bond acceptors (Lipinski definition) is 4. The van der Waals surface area contributed by atoms with Crippen molar-refractivity contribution in [2.75, 3.05) is 11.9 Å². The average Bonchev–Trinajstić information content (AvgIpc) is 2.25. The van der Waals surface area contributed by atoms with Gasteiger partial charge in [-0.1, -0.05) is 6.92 Å². The Morgan fingerprint density at radius 2 is 2.19 bits per heavy atom. The molecule has 0 aliphatic heterocycles. The zero-order valence-corrected chi connectivity index (χ0v) is 8.62. The van der Waals surface area contributed by atoms with E-state index in [1.807, 2.05) is 0 Å². The van der Waals surface area contributed by atoms with Gasteiger partial charge in [-0.2, -0.15) is 13.2 Å². The van der Waals surface area contributed by atoms with Gasteiger partial charge in [0.25, 0.3) is 0 Å². The molecule has 1 aromatic rings. The van der Waals surface area contributed by atoms with Gasteiger partial charge in [0, 0.05) is 6.20 Å². The highest BCUT2D eigenvalue weighted by Gasteiger charge is 2.32. The number of hydrogen-bond donors (Lipinski definition) is 2. The Morgan fingerprint density at radius 1 is 1.50 bits per heavy atom. The molecular formula is C9H12F3N3O. The Hall–Kier alpha value is -1.37. The molecule has 1 heterocycles. The van der Waals surface area contributed by atoms with E-state index in [4.69, 9.17) is 5.11 Å². The Balaban J connectivity index is 2.82. The van der Waals surface area contributed by atoms with Crippen LogP contribution in [0.4, 0.5) is 19.1 Å². The minimum atomic E-state index is -4.49. The maximum absolute atomic E-state index is 12.3. The fourth-order valence-corrected chi connectivity index (χ4v) is 1.05. The van der Waals surface area contributed by atoms with E-state index in [9.17, 15) is 13.2 Å². The predicted molar refractivity (Wildman–Crippen MR) is 51.8 cm³/mol.